The van der Waals surface area contributed by atoms with Crippen LogP contribution in [0.1, 0.15) is 31.1 Å². The normalized spacial score (nSPS) is 11.0. The molecule has 0 unspecified atom stereocenters. The standard InChI is InChI=1S/C12H13BrClNO4/c1-12(2,3)19-11(18)15-9-7(10(16)17)4-6(13)5-8(9)14/h4-5H,1-3H3,(H,15,18)(H,16,17). The van der Waals surface area contributed by atoms with Gasteiger partial charge in [0.2, 0.25) is 0 Å². The second kappa shape index (κ2) is 5.79. The monoisotopic (exact) mass is 349 g/mol. The van der Waals surface area contributed by atoms with E-state index in [1.54, 1.807) is 20.8 Å². The summed E-state index contributed by atoms with van der Waals surface area (Å²) in [7, 11) is 0. The van der Waals surface area contributed by atoms with E-state index in [-0.39, 0.29) is 16.3 Å². The SMILES string of the molecule is CC(C)(C)OC(=O)Nc1c(Cl)cc(Br)cc1C(=O)O. The van der Waals surface area contributed by atoms with Gasteiger partial charge >= 0.3 is 12.1 Å². The quantitative estimate of drug-likeness (QED) is 0.840. The fourth-order valence-electron chi connectivity index (χ4n) is 1.27. The van der Waals surface area contributed by atoms with Crippen LogP contribution in [0.25, 0.3) is 0 Å². The first-order valence-electron chi connectivity index (χ1n) is 5.32. The third-order valence-electron chi connectivity index (χ3n) is 1.91. The maximum absolute atomic E-state index is 11.6. The molecule has 0 atom stereocenters. The number of ether oxygens (including phenoxy) is 1. The van der Waals surface area contributed by atoms with Crippen molar-refractivity contribution in [2.45, 2.75) is 26.4 Å². The Bertz CT molecular complexity index is 525. The van der Waals surface area contributed by atoms with Gasteiger partial charge in [0, 0.05) is 4.47 Å². The number of rotatable bonds is 2. The highest BCUT2D eigenvalue weighted by Gasteiger charge is 2.21. The zero-order valence-corrected chi connectivity index (χ0v) is 12.9. The molecule has 1 aromatic carbocycles. The lowest BCUT2D eigenvalue weighted by atomic mass is 10.2. The van der Waals surface area contributed by atoms with Crippen LogP contribution < -0.4 is 5.32 Å². The van der Waals surface area contributed by atoms with Crippen molar-refractivity contribution < 1.29 is 19.4 Å². The molecule has 1 rings (SSSR count). The van der Waals surface area contributed by atoms with E-state index in [2.05, 4.69) is 21.2 Å². The molecule has 19 heavy (non-hydrogen) atoms. The van der Waals surface area contributed by atoms with Crippen molar-refractivity contribution in [2.75, 3.05) is 5.32 Å². The largest absolute Gasteiger partial charge is 0.478 e. The van der Waals surface area contributed by atoms with Gasteiger partial charge in [-0.15, -0.1) is 0 Å². The summed E-state index contributed by atoms with van der Waals surface area (Å²) in [5.41, 5.74) is -0.799. The topological polar surface area (TPSA) is 75.6 Å². The summed E-state index contributed by atoms with van der Waals surface area (Å²) in [6.45, 7) is 5.11. The number of carbonyl (C=O) groups is 2. The number of carboxylic acids is 1. The summed E-state index contributed by atoms with van der Waals surface area (Å²) >= 11 is 9.07. The van der Waals surface area contributed by atoms with Crippen LogP contribution >= 0.6 is 27.5 Å². The Hall–Kier alpha value is -1.27. The Labute approximate surface area is 124 Å². The van der Waals surface area contributed by atoms with Crippen LogP contribution in [-0.4, -0.2) is 22.8 Å². The molecule has 5 nitrogen and oxygen atoms in total. The molecule has 0 radical (unpaired) electrons. The van der Waals surface area contributed by atoms with Crippen molar-refractivity contribution in [3.8, 4) is 0 Å². The molecule has 0 aliphatic carbocycles. The molecule has 7 heteroatoms. The van der Waals surface area contributed by atoms with E-state index < -0.39 is 17.7 Å². The number of aromatic carboxylic acids is 1. The highest BCUT2D eigenvalue weighted by atomic mass is 79.9. The third kappa shape index (κ3) is 4.72. The Kier molecular flexibility index (Phi) is 4.81. The number of carbonyl (C=O) groups excluding carboxylic acids is 1. The molecule has 0 heterocycles. The molecule has 2 N–H and O–H groups in total. The second-order valence-corrected chi connectivity index (χ2v) is 6.07. The van der Waals surface area contributed by atoms with Crippen LogP contribution in [0.3, 0.4) is 0 Å². The van der Waals surface area contributed by atoms with Crippen molar-refractivity contribution in [1.29, 1.82) is 0 Å². The summed E-state index contributed by atoms with van der Waals surface area (Å²) in [5, 5.41) is 11.5. The minimum absolute atomic E-state index is 0.00613. The number of amides is 1. The van der Waals surface area contributed by atoms with E-state index in [0.29, 0.717) is 4.47 Å². The van der Waals surface area contributed by atoms with Crippen LogP contribution in [0.4, 0.5) is 10.5 Å². The molecule has 0 aliphatic heterocycles. The van der Waals surface area contributed by atoms with Gasteiger partial charge in [0.05, 0.1) is 16.3 Å². The zero-order valence-electron chi connectivity index (χ0n) is 10.6. The number of halogens is 2. The number of carboxylic acid groups (broad SMARTS) is 1. The molecule has 104 valence electrons. The molecular weight excluding hydrogens is 337 g/mol. The molecular formula is C12H13BrClNO4. The van der Waals surface area contributed by atoms with E-state index >= 15 is 0 Å². The maximum Gasteiger partial charge on any atom is 0.412 e. The van der Waals surface area contributed by atoms with Crippen LogP contribution in [0.5, 0.6) is 0 Å². The predicted molar refractivity (Wildman–Crippen MR) is 76.0 cm³/mol. The van der Waals surface area contributed by atoms with E-state index in [1.807, 2.05) is 0 Å². The Morgan fingerprint density at radius 1 is 1.37 bits per heavy atom. The van der Waals surface area contributed by atoms with Gasteiger partial charge in [-0.1, -0.05) is 27.5 Å². The van der Waals surface area contributed by atoms with Crippen molar-refractivity contribution in [1.82, 2.24) is 0 Å². The number of hydrogen-bond acceptors (Lipinski definition) is 3. The molecule has 0 fully saturated rings. The molecule has 1 aromatic rings. The third-order valence-corrected chi connectivity index (χ3v) is 2.67. The van der Waals surface area contributed by atoms with E-state index in [4.69, 9.17) is 21.4 Å². The average molecular weight is 351 g/mol. The van der Waals surface area contributed by atoms with E-state index in [1.165, 1.54) is 12.1 Å². The van der Waals surface area contributed by atoms with Crippen molar-refractivity contribution in [2.24, 2.45) is 0 Å². The molecule has 1 amide bonds. The minimum atomic E-state index is -1.20. The molecule has 0 aromatic heterocycles. The molecule has 0 bridgehead atoms. The number of hydrogen-bond donors (Lipinski definition) is 2. The lowest BCUT2D eigenvalue weighted by Gasteiger charge is -2.20. The van der Waals surface area contributed by atoms with Gasteiger partial charge in [0.1, 0.15) is 5.60 Å². The van der Waals surface area contributed by atoms with Gasteiger partial charge in [0.25, 0.3) is 0 Å². The fourth-order valence-corrected chi connectivity index (χ4v) is 2.13. The highest BCUT2D eigenvalue weighted by Crippen LogP contribution is 2.30. The van der Waals surface area contributed by atoms with Crippen LogP contribution in [0.15, 0.2) is 16.6 Å². The van der Waals surface area contributed by atoms with Gasteiger partial charge in [-0.2, -0.15) is 0 Å². The molecule has 0 spiro atoms. The van der Waals surface area contributed by atoms with Gasteiger partial charge in [0.15, 0.2) is 0 Å². The average Bonchev–Trinajstić information content (AvgIpc) is 2.18. The molecule has 0 saturated heterocycles. The summed E-state index contributed by atoms with van der Waals surface area (Å²) in [6, 6.07) is 2.83. The first kappa shape index (κ1) is 15.8. The Morgan fingerprint density at radius 3 is 2.42 bits per heavy atom. The van der Waals surface area contributed by atoms with Crippen LogP contribution in [-0.2, 0) is 4.74 Å². The van der Waals surface area contributed by atoms with Crippen LogP contribution in [0.2, 0.25) is 5.02 Å². The fraction of sp³-hybridized carbons (Fsp3) is 0.333. The van der Waals surface area contributed by atoms with Crippen LogP contribution in [0, 0.1) is 0 Å². The number of nitrogens with one attached hydrogen (secondary N) is 1. The summed E-state index contributed by atoms with van der Waals surface area (Å²) in [4.78, 5) is 22.8. The predicted octanol–water partition coefficient (Wildman–Crippen LogP) is 4.15. The van der Waals surface area contributed by atoms with E-state index in [9.17, 15) is 9.59 Å². The van der Waals surface area contributed by atoms with Gasteiger partial charge in [-0.05, 0) is 32.9 Å². The Balaban J connectivity index is 3.07. The van der Waals surface area contributed by atoms with Gasteiger partial charge < -0.3 is 9.84 Å². The number of anilines is 1. The first-order chi connectivity index (χ1) is 8.60. The smallest absolute Gasteiger partial charge is 0.412 e. The summed E-state index contributed by atoms with van der Waals surface area (Å²) in [6.07, 6.45) is -0.765. The first-order valence-corrected chi connectivity index (χ1v) is 6.49. The van der Waals surface area contributed by atoms with Crippen molar-refractivity contribution in [3.05, 3.63) is 27.2 Å². The molecule has 0 saturated carbocycles. The van der Waals surface area contributed by atoms with Gasteiger partial charge in [-0.25, -0.2) is 9.59 Å². The van der Waals surface area contributed by atoms with Gasteiger partial charge in [-0.3, -0.25) is 5.32 Å². The highest BCUT2D eigenvalue weighted by molar-refractivity contribution is 9.10. The Morgan fingerprint density at radius 2 is 1.95 bits per heavy atom. The molecule has 0 aliphatic rings. The number of benzene rings is 1. The van der Waals surface area contributed by atoms with E-state index in [0.717, 1.165) is 0 Å². The summed E-state index contributed by atoms with van der Waals surface area (Å²) < 4.78 is 5.55. The second-order valence-electron chi connectivity index (χ2n) is 4.74. The van der Waals surface area contributed by atoms with Crippen molar-refractivity contribution >= 4 is 45.3 Å². The zero-order chi connectivity index (χ0) is 14.8. The lowest BCUT2D eigenvalue weighted by molar-refractivity contribution is 0.0636. The van der Waals surface area contributed by atoms with Crippen molar-refractivity contribution in [3.63, 3.8) is 0 Å². The maximum atomic E-state index is 11.6. The summed E-state index contributed by atoms with van der Waals surface area (Å²) in [5.74, 6) is -1.20. The minimum Gasteiger partial charge on any atom is -0.478 e. The lowest BCUT2D eigenvalue weighted by Crippen LogP contribution is -2.27.